The standard InChI is InChI=1S/C32H34N6O6S/c1-42-31-28(38-15-24(34-36-38)22-12-11-19-7-5-6-10-21(19)13-22)30(41)26(16-39)44-32(31)45-27-18-43-17-25(29(27)40)37-14-23(33-35-37)20-8-3-2-4-9-20/h2-15,25-32,39-41H,16-18H2,1H3/t25-,26+,27+,28-,29+,30-,31+,32-/m0/s1. The van der Waals surface area contributed by atoms with E-state index in [-0.39, 0.29) is 13.2 Å². The molecule has 12 nitrogen and oxygen atoms in total. The number of ether oxygens (including phenoxy) is 3. The number of benzene rings is 3. The van der Waals surface area contributed by atoms with Gasteiger partial charge in [-0.25, -0.2) is 9.36 Å². The molecule has 2 fully saturated rings. The third kappa shape index (κ3) is 5.88. The van der Waals surface area contributed by atoms with E-state index >= 15 is 0 Å². The average Bonchev–Trinajstić information content (AvgIpc) is 3.77. The summed E-state index contributed by atoms with van der Waals surface area (Å²) in [6.45, 7) is 0.127. The summed E-state index contributed by atoms with van der Waals surface area (Å²) in [6, 6.07) is 22.7. The van der Waals surface area contributed by atoms with Crippen LogP contribution in [0.1, 0.15) is 12.1 Å². The summed E-state index contributed by atoms with van der Waals surface area (Å²) < 4.78 is 21.2. The van der Waals surface area contributed by atoms with Crippen molar-refractivity contribution in [2.45, 2.75) is 47.2 Å². The summed E-state index contributed by atoms with van der Waals surface area (Å²) in [5, 5.41) is 52.1. The normalized spacial score (nSPS) is 28.8. The zero-order chi connectivity index (χ0) is 30.9. The van der Waals surface area contributed by atoms with Gasteiger partial charge in [-0.05, 0) is 16.8 Å². The van der Waals surface area contributed by atoms with E-state index in [0.717, 1.165) is 21.9 Å². The Morgan fingerprint density at radius 1 is 0.844 bits per heavy atom. The van der Waals surface area contributed by atoms with Crippen LogP contribution in [-0.4, -0.2) is 107 Å². The number of nitrogens with zero attached hydrogens (tertiary/aromatic N) is 6. The molecule has 3 N–H and O–H groups in total. The predicted octanol–water partition coefficient (Wildman–Crippen LogP) is 2.73. The molecule has 13 heteroatoms. The minimum Gasteiger partial charge on any atom is -0.394 e. The van der Waals surface area contributed by atoms with Crippen LogP contribution in [0.15, 0.2) is 85.2 Å². The van der Waals surface area contributed by atoms with Crippen molar-refractivity contribution in [2.75, 3.05) is 26.9 Å². The largest absolute Gasteiger partial charge is 0.394 e. The minimum atomic E-state index is -1.13. The van der Waals surface area contributed by atoms with Crippen molar-refractivity contribution >= 4 is 22.5 Å². The molecule has 0 unspecified atom stereocenters. The van der Waals surface area contributed by atoms with Gasteiger partial charge in [0, 0.05) is 18.2 Å². The molecule has 7 rings (SSSR count). The lowest BCUT2D eigenvalue weighted by atomic mass is 9.97. The van der Waals surface area contributed by atoms with Crippen molar-refractivity contribution in [1.29, 1.82) is 0 Å². The van der Waals surface area contributed by atoms with E-state index in [1.54, 1.807) is 28.9 Å². The van der Waals surface area contributed by atoms with E-state index in [2.05, 4.69) is 26.7 Å². The van der Waals surface area contributed by atoms with Crippen molar-refractivity contribution in [2.24, 2.45) is 0 Å². The van der Waals surface area contributed by atoms with Gasteiger partial charge in [0.25, 0.3) is 0 Å². The Bertz CT molecular complexity index is 1740. The van der Waals surface area contributed by atoms with Crippen LogP contribution in [0.4, 0.5) is 0 Å². The summed E-state index contributed by atoms with van der Waals surface area (Å²) in [5.74, 6) is 0. The van der Waals surface area contributed by atoms with Crippen LogP contribution >= 0.6 is 11.8 Å². The summed E-state index contributed by atoms with van der Waals surface area (Å²) >= 11 is 1.34. The molecule has 234 valence electrons. The lowest BCUT2D eigenvalue weighted by Gasteiger charge is -2.45. The molecule has 2 aliphatic heterocycles. The molecule has 4 heterocycles. The maximum atomic E-state index is 11.5. The van der Waals surface area contributed by atoms with Gasteiger partial charge in [-0.1, -0.05) is 77.2 Å². The molecule has 0 aliphatic carbocycles. The molecule has 0 amide bonds. The Hall–Kier alpha value is -3.69. The van der Waals surface area contributed by atoms with Crippen LogP contribution in [0.5, 0.6) is 0 Å². The van der Waals surface area contributed by atoms with Gasteiger partial charge in [-0.3, -0.25) is 0 Å². The number of hydrogen-bond acceptors (Lipinski definition) is 11. The SMILES string of the molecule is CO[C@@H]1[C@@H](n2cc(-c3ccc4ccccc4c3)nn2)[C@@H](O)[C@@H](CO)O[C@H]1S[C@@H]1COC[C@H](n2cc(-c3ccccc3)nn2)[C@H]1O. The van der Waals surface area contributed by atoms with Gasteiger partial charge >= 0.3 is 0 Å². The molecular weight excluding hydrogens is 596 g/mol. The highest BCUT2D eigenvalue weighted by atomic mass is 32.2. The van der Waals surface area contributed by atoms with Gasteiger partial charge in [0.2, 0.25) is 0 Å². The first kappa shape index (κ1) is 30.0. The minimum absolute atomic E-state index is 0.269. The van der Waals surface area contributed by atoms with Crippen LogP contribution in [0, 0.1) is 0 Å². The van der Waals surface area contributed by atoms with Crippen molar-refractivity contribution < 1.29 is 29.5 Å². The van der Waals surface area contributed by atoms with Crippen molar-refractivity contribution in [3.63, 3.8) is 0 Å². The number of thioether (sulfide) groups is 1. The van der Waals surface area contributed by atoms with E-state index in [0.29, 0.717) is 11.4 Å². The van der Waals surface area contributed by atoms with Crippen LogP contribution in [0.2, 0.25) is 0 Å². The quantitative estimate of drug-likeness (QED) is 0.232. The van der Waals surface area contributed by atoms with Gasteiger partial charge in [0.1, 0.15) is 47.2 Å². The second kappa shape index (κ2) is 13.0. The van der Waals surface area contributed by atoms with E-state index in [9.17, 15) is 15.3 Å². The van der Waals surface area contributed by atoms with E-state index in [4.69, 9.17) is 14.2 Å². The predicted molar refractivity (Wildman–Crippen MR) is 167 cm³/mol. The number of methoxy groups -OCH3 is 1. The fraction of sp³-hybridized carbons (Fsp3) is 0.375. The third-order valence-electron chi connectivity index (χ3n) is 8.53. The van der Waals surface area contributed by atoms with Crippen LogP contribution in [-0.2, 0) is 14.2 Å². The Balaban J connectivity index is 1.11. The number of rotatable bonds is 8. The van der Waals surface area contributed by atoms with Gasteiger partial charge in [0.05, 0.1) is 43.6 Å². The number of aromatic nitrogens is 6. The molecule has 0 saturated carbocycles. The molecular formula is C32H34N6O6S. The fourth-order valence-electron chi connectivity index (χ4n) is 6.08. The molecule has 2 aromatic heterocycles. The highest BCUT2D eigenvalue weighted by Crippen LogP contribution is 2.41. The van der Waals surface area contributed by atoms with Gasteiger partial charge in [-0.2, -0.15) is 0 Å². The summed E-state index contributed by atoms with van der Waals surface area (Å²) in [7, 11) is 1.54. The molecule has 2 aliphatic rings. The molecule has 0 bridgehead atoms. The van der Waals surface area contributed by atoms with E-state index < -0.39 is 53.8 Å². The van der Waals surface area contributed by atoms with Gasteiger partial charge in [0.15, 0.2) is 0 Å². The smallest absolute Gasteiger partial charge is 0.132 e. The summed E-state index contributed by atoms with van der Waals surface area (Å²) in [4.78, 5) is 0. The number of hydrogen-bond donors (Lipinski definition) is 3. The van der Waals surface area contributed by atoms with Crippen LogP contribution < -0.4 is 0 Å². The Morgan fingerprint density at radius 3 is 2.33 bits per heavy atom. The Morgan fingerprint density at radius 2 is 1.56 bits per heavy atom. The zero-order valence-electron chi connectivity index (χ0n) is 24.5. The Kier molecular flexibility index (Phi) is 8.64. The maximum Gasteiger partial charge on any atom is 0.132 e. The highest BCUT2D eigenvalue weighted by Gasteiger charge is 2.49. The van der Waals surface area contributed by atoms with Crippen LogP contribution in [0.25, 0.3) is 33.3 Å². The summed E-state index contributed by atoms with van der Waals surface area (Å²) in [6.07, 6.45) is 0.000241. The Labute approximate surface area is 263 Å². The van der Waals surface area contributed by atoms with Crippen molar-refractivity contribution in [3.8, 4) is 22.5 Å². The number of aliphatic hydroxyl groups excluding tert-OH is 3. The van der Waals surface area contributed by atoms with Gasteiger partial charge < -0.3 is 29.5 Å². The van der Waals surface area contributed by atoms with Crippen LogP contribution in [0.3, 0.4) is 0 Å². The molecule has 3 aromatic carbocycles. The number of aliphatic hydroxyl groups is 3. The lowest BCUT2D eigenvalue weighted by molar-refractivity contribution is -0.186. The van der Waals surface area contributed by atoms with E-state index in [1.807, 2.05) is 66.7 Å². The highest BCUT2D eigenvalue weighted by molar-refractivity contribution is 8.00. The third-order valence-corrected chi connectivity index (χ3v) is 9.94. The molecule has 45 heavy (non-hydrogen) atoms. The van der Waals surface area contributed by atoms with Gasteiger partial charge in [-0.15, -0.1) is 22.0 Å². The molecule has 0 spiro atoms. The zero-order valence-corrected chi connectivity index (χ0v) is 25.3. The molecule has 5 aromatic rings. The maximum absolute atomic E-state index is 11.5. The second-order valence-corrected chi connectivity index (χ2v) is 12.6. The fourth-order valence-corrected chi connectivity index (χ4v) is 7.58. The second-order valence-electron chi connectivity index (χ2n) is 11.3. The average molecular weight is 631 g/mol. The first-order chi connectivity index (χ1) is 22.0. The molecule has 8 atom stereocenters. The van der Waals surface area contributed by atoms with Crippen molar-refractivity contribution in [1.82, 2.24) is 30.0 Å². The topological polar surface area (TPSA) is 150 Å². The first-order valence-corrected chi connectivity index (χ1v) is 15.7. The molecule has 2 saturated heterocycles. The summed E-state index contributed by atoms with van der Waals surface area (Å²) in [5.41, 5.74) is 2.48. The monoisotopic (exact) mass is 630 g/mol. The first-order valence-electron chi connectivity index (χ1n) is 14.8. The lowest BCUT2D eigenvalue weighted by Crippen LogP contribution is -2.56. The number of fused-ring (bicyclic) bond motifs is 1. The van der Waals surface area contributed by atoms with E-state index in [1.165, 1.54) is 11.8 Å². The van der Waals surface area contributed by atoms with Crippen molar-refractivity contribution in [3.05, 3.63) is 85.2 Å². The molecule has 0 radical (unpaired) electrons.